The van der Waals surface area contributed by atoms with Crippen LogP contribution >= 0.6 is 0 Å². The first-order valence-electron chi connectivity index (χ1n) is 36.0. The molecule has 0 heteroatoms. The van der Waals surface area contributed by atoms with Gasteiger partial charge in [0.05, 0.1) is 0 Å². The average Bonchev–Trinajstić information content (AvgIpc) is 1.48. The summed E-state index contributed by atoms with van der Waals surface area (Å²) < 4.78 is 0. The maximum absolute atomic E-state index is 2.67. The Morgan fingerprint density at radius 2 is 0.429 bits per heavy atom. The second kappa shape index (κ2) is 20.0. The van der Waals surface area contributed by atoms with Gasteiger partial charge < -0.3 is 0 Å². The lowest BCUT2D eigenvalue weighted by Crippen LogP contribution is -2.16. The van der Waals surface area contributed by atoms with Gasteiger partial charge >= 0.3 is 0 Å². The normalized spacial score (nSPS) is 13.6. The topological polar surface area (TPSA) is 0 Å². The van der Waals surface area contributed by atoms with Gasteiger partial charge in [-0.3, -0.25) is 0 Å². The van der Waals surface area contributed by atoms with Gasteiger partial charge in [-0.25, -0.2) is 0 Å². The highest BCUT2D eigenvalue weighted by Gasteiger charge is 2.33. The third-order valence-electron chi connectivity index (χ3n) is 23.1. The van der Waals surface area contributed by atoms with E-state index < -0.39 is 0 Å². The molecule has 0 aliphatic rings. The van der Waals surface area contributed by atoms with E-state index >= 15 is 0 Å². The summed E-state index contributed by atoms with van der Waals surface area (Å²) in [6.07, 6.45) is 0. The van der Waals surface area contributed by atoms with Gasteiger partial charge in [-0.15, -0.1) is 0 Å². The van der Waals surface area contributed by atoms with Crippen LogP contribution in [-0.2, 0) is 32.5 Å². The van der Waals surface area contributed by atoms with Gasteiger partial charge in [0.15, 0.2) is 0 Å². The van der Waals surface area contributed by atoms with E-state index in [1.165, 1.54) is 218 Å². The molecule has 0 saturated carbocycles. The molecular weight excluding hydrogens is 1180 g/mol. The molecule has 18 aromatic carbocycles. The van der Waals surface area contributed by atoms with Crippen LogP contribution in [-0.4, -0.2) is 0 Å². The molecule has 0 fully saturated rings. The molecule has 0 unspecified atom stereocenters. The molecule has 0 bridgehead atoms. The summed E-state index contributed by atoms with van der Waals surface area (Å²) in [5.41, 5.74) is 18.1. The van der Waals surface area contributed by atoms with Crippen molar-refractivity contribution < 1.29 is 0 Å². The van der Waals surface area contributed by atoms with Crippen LogP contribution in [0.3, 0.4) is 0 Å². The van der Waals surface area contributed by atoms with Crippen LogP contribution in [0.25, 0.3) is 185 Å². The molecule has 0 heterocycles. The second-order valence-corrected chi connectivity index (χ2v) is 35.6. The summed E-state index contributed by atoms with van der Waals surface area (Å²) >= 11 is 0. The van der Waals surface area contributed by atoms with Crippen LogP contribution in [0.1, 0.15) is 158 Å². The van der Waals surface area contributed by atoms with Crippen LogP contribution in [0.5, 0.6) is 0 Å². The minimum absolute atomic E-state index is 0.0100. The predicted molar refractivity (Wildman–Crippen MR) is 433 cm³/mol. The lowest BCUT2D eigenvalue weighted by atomic mass is 9.76. The highest BCUT2D eigenvalue weighted by Crippen LogP contribution is 2.58. The molecule has 0 amide bonds. The Kier molecular flexibility index (Phi) is 12.4. The van der Waals surface area contributed by atoms with Crippen LogP contribution in [0, 0.1) is 0 Å². The smallest absolute Gasteiger partial charge is 0.000740 e. The Labute approximate surface area is 577 Å². The molecule has 18 aromatic rings. The van der Waals surface area contributed by atoms with Crippen LogP contribution in [0.15, 0.2) is 206 Å². The zero-order valence-electron chi connectivity index (χ0n) is 60.6. The van der Waals surface area contributed by atoms with Crippen molar-refractivity contribution in [2.75, 3.05) is 0 Å². The summed E-state index contributed by atoms with van der Waals surface area (Å²) in [4.78, 5) is 0. The third-order valence-corrected chi connectivity index (χ3v) is 23.1. The number of rotatable bonds is 4. The molecule has 0 atom stereocenters. The minimum atomic E-state index is -0.112. The standard InChI is InChI=1S/C98H88/c1-93(2,3)55-45-53(46-56(49-55)94(4,5)6)83-79-51-77-73-39-37-69-65-29-23-27-63-59(61-25-19-21-31-81(61)97(13,14)15)33-35-67(85(63)65)71-38-40-74(89(73)87(69)71)78(77)52-80(79)84(54-47-57(95(7,8)9)50-58(48-54)96(10,11)12)92-76-44-42-72-68-36-34-60(62-26-20-22-32-82(62)98(16,17)18)64-28-24-30-66(86(64)68)70-41-43-75(91(83)92)90(76)88(70)72/h19-52H,1-18H3. The fourth-order valence-corrected chi connectivity index (χ4v) is 18.1. The van der Waals surface area contributed by atoms with Gasteiger partial charge in [0.1, 0.15) is 0 Å². The summed E-state index contributed by atoms with van der Waals surface area (Å²) in [6, 6.07) is 82.7. The first-order valence-corrected chi connectivity index (χ1v) is 36.0. The minimum Gasteiger partial charge on any atom is -0.0619 e. The number of fused-ring (bicyclic) bond motifs is 11. The molecule has 18 rings (SSSR count). The van der Waals surface area contributed by atoms with Crippen molar-refractivity contribution in [2.24, 2.45) is 0 Å². The van der Waals surface area contributed by atoms with Crippen molar-refractivity contribution in [3.63, 3.8) is 0 Å². The number of hydrogen-bond donors (Lipinski definition) is 0. The molecule has 0 spiro atoms. The Bertz CT molecular complexity index is 6110. The van der Waals surface area contributed by atoms with E-state index in [9.17, 15) is 0 Å². The average molecular weight is 1270 g/mol. The second-order valence-electron chi connectivity index (χ2n) is 35.6. The first-order chi connectivity index (χ1) is 46.4. The van der Waals surface area contributed by atoms with Crippen LogP contribution in [0.2, 0.25) is 0 Å². The largest absolute Gasteiger partial charge is 0.0619 e. The Morgan fingerprint density at radius 1 is 0.163 bits per heavy atom. The molecule has 0 radical (unpaired) electrons. The monoisotopic (exact) mass is 1260 g/mol. The van der Waals surface area contributed by atoms with E-state index in [0.29, 0.717) is 0 Å². The Morgan fingerprint density at radius 3 is 0.755 bits per heavy atom. The van der Waals surface area contributed by atoms with Crippen LogP contribution in [0.4, 0.5) is 0 Å². The zero-order valence-corrected chi connectivity index (χ0v) is 60.6. The molecule has 0 nitrogen and oxygen atoms in total. The van der Waals surface area contributed by atoms with Gasteiger partial charge in [0.2, 0.25) is 0 Å². The van der Waals surface area contributed by atoms with Gasteiger partial charge in [-0.1, -0.05) is 319 Å². The van der Waals surface area contributed by atoms with Crippen LogP contribution < -0.4 is 0 Å². The summed E-state index contributed by atoms with van der Waals surface area (Å²) in [5, 5.41) is 34.5. The molecule has 0 saturated heterocycles. The molecule has 0 aromatic heterocycles. The highest BCUT2D eigenvalue weighted by atomic mass is 14.4. The van der Waals surface area contributed by atoms with Gasteiger partial charge in [0.25, 0.3) is 0 Å². The van der Waals surface area contributed by atoms with Crippen molar-refractivity contribution in [2.45, 2.75) is 157 Å². The van der Waals surface area contributed by atoms with Crippen molar-refractivity contribution >= 4 is 140 Å². The Balaban J connectivity index is 1.02. The maximum Gasteiger partial charge on any atom is -0.000740 e. The summed E-state index contributed by atoms with van der Waals surface area (Å²) in [7, 11) is 0. The van der Waals surface area contributed by atoms with E-state index in [4.69, 9.17) is 0 Å². The van der Waals surface area contributed by atoms with E-state index in [-0.39, 0.29) is 32.5 Å². The molecule has 480 valence electrons. The molecule has 0 aliphatic heterocycles. The zero-order chi connectivity index (χ0) is 68.1. The van der Waals surface area contributed by atoms with E-state index in [1.807, 2.05) is 0 Å². The van der Waals surface area contributed by atoms with Gasteiger partial charge in [-0.05, 0) is 263 Å². The maximum atomic E-state index is 2.67. The summed E-state index contributed by atoms with van der Waals surface area (Å²) in [6.45, 7) is 42.8. The molecule has 0 aliphatic carbocycles. The van der Waals surface area contributed by atoms with Crippen molar-refractivity contribution in [3.8, 4) is 44.5 Å². The highest BCUT2D eigenvalue weighted by molar-refractivity contribution is 6.48. The van der Waals surface area contributed by atoms with Crippen molar-refractivity contribution in [1.82, 2.24) is 0 Å². The number of hydrogen-bond acceptors (Lipinski definition) is 0. The van der Waals surface area contributed by atoms with Gasteiger partial charge in [0, 0.05) is 0 Å². The predicted octanol–water partition coefficient (Wildman–Crippen LogP) is 28.9. The lowest BCUT2D eigenvalue weighted by molar-refractivity contribution is 0.568. The van der Waals surface area contributed by atoms with E-state index in [0.717, 1.165) is 0 Å². The lowest BCUT2D eigenvalue weighted by Gasteiger charge is -2.28. The Hall–Kier alpha value is -9.62. The first kappa shape index (κ1) is 60.8. The fourth-order valence-electron chi connectivity index (χ4n) is 18.1. The number of benzene rings is 16. The van der Waals surface area contributed by atoms with Crippen molar-refractivity contribution in [1.29, 1.82) is 0 Å². The molecule has 0 N–H and O–H groups in total. The van der Waals surface area contributed by atoms with Crippen molar-refractivity contribution in [3.05, 3.63) is 240 Å². The molecular formula is C98H88. The van der Waals surface area contributed by atoms with E-state index in [2.05, 4.69) is 331 Å². The quantitative estimate of drug-likeness (QED) is 0.122. The fraction of sp³-hybridized carbons (Fsp3) is 0.245. The van der Waals surface area contributed by atoms with E-state index in [1.54, 1.807) is 0 Å². The van der Waals surface area contributed by atoms with Gasteiger partial charge in [-0.2, -0.15) is 0 Å². The SMILES string of the molecule is CC(C)(C)c1cc(-c2c3cc4c(cc3c(-c3cc(C(C)(C)C)cc(C(C)(C)C)c3)c3c5ccc6c7ccc(-c8ccccc8C(C)(C)C)c8cccc(c9ccc(c23)c5c96)c87)c2ccc3c5ccc(-c6ccccc6C(C)(C)C)c6cccc(c7ccc4c2c73)c65)cc(C(C)(C)C)c1. The summed E-state index contributed by atoms with van der Waals surface area (Å²) in [5.74, 6) is 0. The third kappa shape index (κ3) is 8.61. The molecule has 98 heavy (non-hydrogen) atoms.